The number of likely N-dealkylation sites (N-methyl/N-ethyl adjacent to an activating group) is 1. The summed E-state index contributed by atoms with van der Waals surface area (Å²) in [5.74, 6) is 0.344. The summed E-state index contributed by atoms with van der Waals surface area (Å²) in [5.41, 5.74) is 3.39. The van der Waals surface area contributed by atoms with Gasteiger partial charge in [-0.25, -0.2) is 4.98 Å². The van der Waals surface area contributed by atoms with E-state index in [4.69, 9.17) is 5.26 Å². The van der Waals surface area contributed by atoms with Gasteiger partial charge in [0.15, 0.2) is 0 Å². The van der Waals surface area contributed by atoms with E-state index in [-0.39, 0.29) is 17.7 Å². The minimum atomic E-state index is 0.0458. The lowest BCUT2D eigenvalue weighted by Crippen LogP contribution is -2.46. The summed E-state index contributed by atoms with van der Waals surface area (Å²) in [5, 5.41) is 10.1. The first-order valence-corrected chi connectivity index (χ1v) is 14.4. The van der Waals surface area contributed by atoms with Crippen LogP contribution in [-0.4, -0.2) is 64.4 Å². The van der Waals surface area contributed by atoms with Crippen molar-refractivity contribution in [1.29, 1.82) is 5.26 Å². The standard InChI is InChI=1S/C31H34N6O2S/c1-22(2)14-30(38)37(20-27-18-33-21-36(27)19-24-6-4-23(17-32)5-7-24)26-8-9-28-25(15-26)16-29(40-28)31(39)35-12-10-34(3)11-13-35/h4-9,15-16,18,21-22H,10-14,19-20H2,1-3H3. The molecule has 3 heterocycles. The normalized spacial score (nSPS) is 14.0. The van der Waals surface area contributed by atoms with Crippen LogP contribution in [0.15, 0.2) is 61.1 Å². The van der Waals surface area contributed by atoms with E-state index < -0.39 is 0 Å². The van der Waals surface area contributed by atoms with Crippen LogP contribution in [0.4, 0.5) is 5.69 Å². The number of imidazole rings is 1. The monoisotopic (exact) mass is 554 g/mol. The van der Waals surface area contributed by atoms with Gasteiger partial charge in [-0.1, -0.05) is 26.0 Å². The Hall–Kier alpha value is -4.00. The molecular formula is C31H34N6O2S. The molecule has 40 heavy (non-hydrogen) atoms. The topological polar surface area (TPSA) is 85.5 Å². The summed E-state index contributed by atoms with van der Waals surface area (Å²) < 4.78 is 3.07. The second kappa shape index (κ2) is 12.0. The minimum absolute atomic E-state index is 0.0458. The molecule has 4 aromatic rings. The Kier molecular flexibility index (Phi) is 8.29. The maximum absolute atomic E-state index is 13.5. The van der Waals surface area contributed by atoms with Crippen LogP contribution in [0, 0.1) is 17.2 Å². The van der Waals surface area contributed by atoms with E-state index in [0.29, 0.717) is 25.1 Å². The van der Waals surface area contributed by atoms with E-state index in [9.17, 15) is 9.59 Å². The fourth-order valence-electron chi connectivity index (χ4n) is 4.92. The predicted molar refractivity (Wildman–Crippen MR) is 158 cm³/mol. The number of rotatable bonds is 8. The Labute approximate surface area is 239 Å². The molecule has 1 aliphatic heterocycles. The van der Waals surface area contributed by atoms with Gasteiger partial charge in [-0.15, -0.1) is 11.3 Å². The summed E-state index contributed by atoms with van der Waals surface area (Å²) in [6.07, 6.45) is 4.00. The highest BCUT2D eigenvalue weighted by Crippen LogP contribution is 2.32. The van der Waals surface area contributed by atoms with Crippen molar-refractivity contribution in [3.05, 3.63) is 82.8 Å². The van der Waals surface area contributed by atoms with E-state index >= 15 is 0 Å². The van der Waals surface area contributed by atoms with E-state index in [0.717, 1.165) is 58.1 Å². The van der Waals surface area contributed by atoms with Crippen LogP contribution in [0.1, 0.15) is 46.8 Å². The van der Waals surface area contributed by atoms with Crippen molar-refractivity contribution >= 4 is 38.9 Å². The molecule has 8 nitrogen and oxygen atoms in total. The Morgan fingerprint density at radius 2 is 1.82 bits per heavy atom. The van der Waals surface area contributed by atoms with Crippen molar-refractivity contribution in [1.82, 2.24) is 19.4 Å². The summed E-state index contributed by atoms with van der Waals surface area (Å²) in [7, 11) is 2.08. The van der Waals surface area contributed by atoms with Gasteiger partial charge in [0.25, 0.3) is 5.91 Å². The molecule has 0 unspecified atom stereocenters. The number of nitrogens with zero attached hydrogens (tertiary/aromatic N) is 6. The highest BCUT2D eigenvalue weighted by atomic mass is 32.1. The number of hydrogen-bond acceptors (Lipinski definition) is 6. The molecule has 206 valence electrons. The minimum Gasteiger partial charge on any atom is -0.335 e. The van der Waals surface area contributed by atoms with Gasteiger partial charge in [0.2, 0.25) is 5.91 Å². The maximum Gasteiger partial charge on any atom is 0.264 e. The van der Waals surface area contributed by atoms with Gasteiger partial charge in [-0.05, 0) is 60.3 Å². The lowest BCUT2D eigenvalue weighted by atomic mass is 10.1. The number of nitriles is 1. The third-order valence-corrected chi connectivity index (χ3v) is 8.36. The maximum atomic E-state index is 13.5. The highest BCUT2D eigenvalue weighted by molar-refractivity contribution is 7.20. The van der Waals surface area contributed by atoms with Crippen molar-refractivity contribution < 1.29 is 9.59 Å². The number of fused-ring (bicyclic) bond motifs is 1. The number of anilines is 1. The van der Waals surface area contributed by atoms with Crippen LogP contribution >= 0.6 is 11.3 Å². The average Bonchev–Trinajstić information content (AvgIpc) is 3.58. The fraction of sp³-hybridized carbons (Fsp3) is 0.355. The highest BCUT2D eigenvalue weighted by Gasteiger charge is 2.23. The SMILES string of the molecule is CC(C)CC(=O)N(Cc1cncn1Cc1ccc(C#N)cc1)c1ccc2sc(C(=O)N3CCN(C)CC3)cc2c1. The smallest absolute Gasteiger partial charge is 0.264 e. The number of piperazine rings is 1. The molecule has 0 aliphatic carbocycles. The van der Waals surface area contributed by atoms with Gasteiger partial charge >= 0.3 is 0 Å². The zero-order valence-corrected chi connectivity index (χ0v) is 24.0. The molecule has 1 saturated heterocycles. The van der Waals surface area contributed by atoms with Crippen molar-refractivity contribution in [2.24, 2.45) is 5.92 Å². The molecule has 0 saturated carbocycles. The van der Waals surface area contributed by atoms with Crippen LogP contribution < -0.4 is 4.90 Å². The number of hydrogen-bond donors (Lipinski definition) is 0. The predicted octanol–water partition coefficient (Wildman–Crippen LogP) is 4.98. The van der Waals surface area contributed by atoms with Crippen molar-refractivity contribution in [2.45, 2.75) is 33.4 Å². The van der Waals surface area contributed by atoms with Gasteiger partial charge in [-0.2, -0.15) is 5.26 Å². The van der Waals surface area contributed by atoms with Crippen molar-refractivity contribution in [3.63, 3.8) is 0 Å². The van der Waals surface area contributed by atoms with Gasteiger partial charge in [0.1, 0.15) is 0 Å². The number of thiophene rings is 1. The van der Waals surface area contributed by atoms with E-state index in [1.165, 1.54) is 11.3 Å². The summed E-state index contributed by atoms with van der Waals surface area (Å²) in [6.45, 7) is 8.31. The zero-order valence-electron chi connectivity index (χ0n) is 23.2. The van der Waals surface area contributed by atoms with Crippen LogP contribution in [0.25, 0.3) is 10.1 Å². The first-order chi connectivity index (χ1) is 19.3. The van der Waals surface area contributed by atoms with Crippen LogP contribution in [0.3, 0.4) is 0 Å². The summed E-state index contributed by atoms with van der Waals surface area (Å²) >= 11 is 1.51. The summed E-state index contributed by atoms with van der Waals surface area (Å²) in [4.78, 5) is 37.8. The van der Waals surface area contributed by atoms with E-state index in [1.54, 1.807) is 12.5 Å². The van der Waals surface area contributed by atoms with Gasteiger partial charge in [0, 0.05) is 55.7 Å². The molecule has 0 spiro atoms. The second-order valence-corrected chi connectivity index (χ2v) is 11.9. The fourth-order valence-corrected chi connectivity index (χ4v) is 5.93. The molecule has 0 bridgehead atoms. The Bertz CT molecular complexity index is 1540. The lowest BCUT2D eigenvalue weighted by Gasteiger charge is -2.32. The molecule has 0 N–H and O–H groups in total. The van der Waals surface area contributed by atoms with Gasteiger partial charge in [-0.3, -0.25) is 9.59 Å². The Balaban J connectivity index is 1.40. The molecule has 2 aromatic carbocycles. The zero-order chi connectivity index (χ0) is 28.2. The average molecular weight is 555 g/mol. The molecule has 0 atom stereocenters. The Morgan fingerprint density at radius 1 is 1.07 bits per heavy atom. The molecule has 0 radical (unpaired) electrons. The first kappa shape index (κ1) is 27.6. The number of carbonyl (C=O) groups is 2. The molecule has 9 heteroatoms. The summed E-state index contributed by atoms with van der Waals surface area (Å²) in [6, 6.07) is 17.6. The van der Waals surface area contributed by atoms with Crippen molar-refractivity contribution in [2.75, 3.05) is 38.1 Å². The van der Waals surface area contributed by atoms with Crippen LogP contribution in [-0.2, 0) is 17.9 Å². The van der Waals surface area contributed by atoms with Crippen LogP contribution in [0.2, 0.25) is 0 Å². The number of benzene rings is 2. The first-order valence-electron chi connectivity index (χ1n) is 13.6. The molecule has 5 rings (SSSR count). The molecule has 2 aromatic heterocycles. The number of carbonyl (C=O) groups excluding carboxylic acids is 2. The Morgan fingerprint density at radius 3 is 2.52 bits per heavy atom. The third-order valence-electron chi connectivity index (χ3n) is 7.25. The molecule has 1 fully saturated rings. The van der Waals surface area contributed by atoms with E-state index in [2.05, 4.69) is 23.0 Å². The second-order valence-electron chi connectivity index (χ2n) is 10.8. The van der Waals surface area contributed by atoms with Crippen molar-refractivity contribution in [3.8, 4) is 6.07 Å². The number of aromatic nitrogens is 2. The largest absolute Gasteiger partial charge is 0.335 e. The van der Waals surface area contributed by atoms with Crippen LogP contribution in [0.5, 0.6) is 0 Å². The molecular weight excluding hydrogens is 520 g/mol. The lowest BCUT2D eigenvalue weighted by molar-refractivity contribution is -0.119. The van der Waals surface area contributed by atoms with Gasteiger partial charge in [0.05, 0.1) is 35.1 Å². The van der Waals surface area contributed by atoms with Gasteiger partial charge < -0.3 is 19.3 Å². The van der Waals surface area contributed by atoms with E-state index in [1.807, 2.05) is 76.7 Å². The quantitative estimate of drug-likeness (QED) is 0.307. The molecule has 2 amide bonds. The number of amides is 2. The third kappa shape index (κ3) is 6.24. The molecule has 1 aliphatic rings.